The molecule has 2 amide bonds. The molecule has 1 aromatic carbocycles. The van der Waals surface area contributed by atoms with Gasteiger partial charge >= 0.3 is 6.09 Å². The lowest BCUT2D eigenvalue weighted by Gasteiger charge is -2.19. The number of rotatable bonds is 5. The Balaban J connectivity index is 1.78. The topological polar surface area (TPSA) is 80.6 Å². The minimum Gasteiger partial charge on any atom is -0.459 e. The van der Waals surface area contributed by atoms with E-state index in [9.17, 15) is 9.59 Å². The number of benzene rings is 1. The van der Waals surface area contributed by atoms with E-state index in [4.69, 9.17) is 9.15 Å². The van der Waals surface area contributed by atoms with Gasteiger partial charge in [-0.1, -0.05) is 18.2 Å². The SMILES string of the molecule is C[C@H](NC(=O)CCNC(=O)OC(C)(C)C)c1cc2ccccc2o1. The maximum atomic E-state index is 12.0. The summed E-state index contributed by atoms with van der Waals surface area (Å²) in [7, 11) is 0. The van der Waals surface area contributed by atoms with Gasteiger partial charge in [-0.3, -0.25) is 4.79 Å². The highest BCUT2D eigenvalue weighted by atomic mass is 16.6. The molecule has 130 valence electrons. The largest absolute Gasteiger partial charge is 0.459 e. The molecule has 6 nitrogen and oxygen atoms in total. The summed E-state index contributed by atoms with van der Waals surface area (Å²) in [5.74, 6) is 0.531. The summed E-state index contributed by atoms with van der Waals surface area (Å²) in [6.45, 7) is 7.43. The molecule has 0 unspecified atom stereocenters. The van der Waals surface area contributed by atoms with Crippen LogP contribution in [0, 0.1) is 0 Å². The molecule has 1 heterocycles. The number of nitrogens with one attached hydrogen (secondary N) is 2. The maximum Gasteiger partial charge on any atom is 0.407 e. The molecule has 0 aliphatic rings. The number of hydrogen-bond acceptors (Lipinski definition) is 4. The van der Waals surface area contributed by atoms with E-state index in [2.05, 4.69) is 10.6 Å². The van der Waals surface area contributed by atoms with Crippen LogP contribution >= 0.6 is 0 Å². The average Bonchev–Trinajstić information content (AvgIpc) is 2.89. The standard InChI is InChI=1S/C18H24N2O4/c1-12(15-11-13-7-5-6-8-14(13)23-15)20-16(21)9-10-19-17(22)24-18(2,3)4/h5-8,11-12H,9-10H2,1-4H3,(H,19,22)(H,20,21)/t12-/m0/s1. The highest BCUT2D eigenvalue weighted by Gasteiger charge is 2.17. The Morgan fingerprint density at radius 2 is 1.96 bits per heavy atom. The van der Waals surface area contributed by atoms with Crippen LogP contribution in [-0.4, -0.2) is 24.1 Å². The summed E-state index contributed by atoms with van der Waals surface area (Å²) < 4.78 is 10.8. The molecule has 0 aliphatic heterocycles. The third kappa shape index (κ3) is 5.30. The summed E-state index contributed by atoms with van der Waals surface area (Å²) in [5.41, 5.74) is 0.238. The number of para-hydroxylation sites is 1. The molecule has 0 saturated carbocycles. The molecule has 2 rings (SSSR count). The number of alkyl carbamates (subject to hydrolysis) is 1. The fourth-order valence-corrected chi connectivity index (χ4v) is 2.19. The van der Waals surface area contributed by atoms with E-state index in [1.807, 2.05) is 37.3 Å². The lowest BCUT2D eigenvalue weighted by Crippen LogP contribution is -2.35. The highest BCUT2D eigenvalue weighted by molar-refractivity contribution is 5.79. The van der Waals surface area contributed by atoms with Crippen molar-refractivity contribution in [2.24, 2.45) is 0 Å². The molecule has 6 heteroatoms. The van der Waals surface area contributed by atoms with Crippen LogP contribution in [0.3, 0.4) is 0 Å². The van der Waals surface area contributed by atoms with Crippen LogP contribution < -0.4 is 10.6 Å². The van der Waals surface area contributed by atoms with Gasteiger partial charge < -0.3 is 19.8 Å². The Morgan fingerprint density at radius 3 is 2.62 bits per heavy atom. The zero-order valence-corrected chi connectivity index (χ0v) is 14.5. The summed E-state index contributed by atoms with van der Waals surface area (Å²) >= 11 is 0. The van der Waals surface area contributed by atoms with Crippen molar-refractivity contribution in [3.05, 3.63) is 36.1 Å². The number of hydrogen-bond donors (Lipinski definition) is 2. The molecule has 0 saturated heterocycles. The average molecular weight is 332 g/mol. The predicted octanol–water partition coefficient (Wildman–Crippen LogP) is 3.52. The Bertz CT molecular complexity index is 682. The van der Waals surface area contributed by atoms with Gasteiger partial charge in [0.1, 0.15) is 16.9 Å². The molecule has 2 aromatic rings. The van der Waals surface area contributed by atoms with Gasteiger partial charge in [-0.15, -0.1) is 0 Å². The minimum atomic E-state index is -0.553. The second kappa shape index (κ2) is 7.38. The van der Waals surface area contributed by atoms with E-state index < -0.39 is 11.7 Å². The molecule has 2 N–H and O–H groups in total. The van der Waals surface area contributed by atoms with Crippen molar-refractivity contribution in [3.8, 4) is 0 Å². The van der Waals surface area contributed by atoms with E-state index in [1.165, 1.54) is 0 Å². The smallest absolute Gasteiger partial charge is 0.407 e. The van der Waals surface area contributed by atoms with Crippen molar-refractivity contribution in [2.45, 2.75) is 45.8 Å². The second-order valence-corrected chi connectivity index (χ2v) is 6.65. The molecule has 0 aliphatic carbocycles. The Labute approximate surface area is 141 Å². The van der Waals surface area contributed by atoms with Gasteiger partial charge in [-0.2, -0.15) is 0 Å². The van der Waals surface area contributed by atoms with Gasteiger partial charge in [-0.25, -0.2) is 4.79 Å². The van der Waals surface area contributed by atoms with Crippen LogP contribution in [0.1, 0.15) is 45.9 Å². The van der Waals surface area contributed by atoms with Gasteiger partial charge in [0.25, 0.3) is 0 Å². The molecule has 0 radical (unpaired) electrons. The Hall–Kier alpha value is -2.50. The van der Waals surface area contributed by atoms with Crippen LogP contribution in [0.4, 0.5) is 4.79 Å². The number of fused-ring (bicyclic) bond motifs is 1. The number of ether oxygens (including phenoxy) is 1. The molecular weight excluding hydrogens is 308 g/mol. The van der Waals surface area contributed by atoms with Gasteiger partial charge in [0.05, 0.1) is 6.04 Å². The van der Waals surface area contributed by atoms with Crippen LogP contribution in [0.25, 0.3) is 11.0 Å². The van der Waals surface area contributed by atoms with E-state index in [0.29, 0.717) is 5.76 Å². The lowest BCUT2D eigenvalue weighted by molar-refractivity contribution is -0.121. The quantitative estimate of drug-likeness (QED) is 0.878. The third-order valence-electron chi connectivity index (χ3n) is 3.27. The molecule has 0 fully saturated rings. The monoisotopic (exact) mass is 332 g/mol. The number of carbonyl (C=O) groups excluding carboxylic acids is 2. The first-order valence-electron chi connectivity index (χ1n) is 7.99. The van der Waals surface area contributed by atoms with Crippen molar-refractivity contribution < 1.29 is 18.7 Å². The number of furan rings is 1. The Morgan fingerprint density at radius 1 is 1.25 bits per heavy atom. The summed E-state index contributed by atoms with van der Waals surface area (Å²) in [6, 6.07) is 9.36. The van der Waals surface area contributed by atoms with Crippen molar-refractivity contribution in [2.75, 3.05) is 6.54 Å². The predicted molar refractivity (Wildman–Crippen MR) is 91.6 cm³/mol. The Kier molecular flexibility index (Phi) is 5.49. The molecule has 24 heavy (non-hydrogen) atoms. The highest BCUT2D eigenvalue weighted by Crippen LogP contribution is 2.23. The first-order chi connectivity index (χ1) is 11.2. The fraction of sp³-hybridized carbons (Fsp3) is 0.444. The zero-order chi connectivity index (χ0) is 17.7. The second-order valence-electron chi connectivity index (χ2n) is 6.65. The normalized spacial score (nSPS) is 12.7. The summed E-state index contributed by atoms with van der Waals surface area (Å²) in [6.07, 6.45) is -0.357. The first kappa shape index (κ1) is 17.8. The molecule has 0 bridgehead atoms. The van der Waals surface area contributed by atoms with Gasteiger partial charge in [0.15, 0.2) is 0 Å². The van der Waals surface area contributed by atoms with E-state index >= 15 is 0 Å². The van der Waals surface area contributed by atoms with Crippen molar-refractivity contribution in [3.63, 3.8) is 0 Å². The van der Waals surface area contributed by atoms with Crippen LogP contribution in [0.15, 0.2) is 34.7 Å². The van der Waals surface area contributed by atoms with Crippen LogP contribution in [-0.2, 0) is 9.53 Å². The molecule has 1 aromatic heterocycles. The van der Waals surface area contributed by atoms with Crippen molar-refractivity contribution in [1.29, 1.82) is 0 Å². The van der Waals surface area contributed by atoms with E-state index in [1.54, 1.807) is 20.8 Å². The minimum absolute atomic E-state index is 0.168. The molecule has 1 atom stereocenters. The maximum absolute atomic E-state index is 12.0. The number of amides is 2. The first-order valence-corrected chi connectivity index (χ1v) is 7.99. The van der Waals surface area contributed by atoms with Crippen LogP contribution in [0.2, 0.25) is 0 Å². The van der Waals surface area contributed by atoms with E-state index in [0.717, 1.165) is 11.0 Å². The zero-order valence-electron chi connectivity index (χ0n) is 14.5. The number of carbonyl (C=O) groups is 2. The lowest BCUT2D eigenvalue weighted by atomic mass is 10.2. The fourth-order valence-electron chi connectivity index (χ4n) is 2.19. The van der Waals surface area contributed by atoms with Crippen LogP contribution in [0.5, 0.6) is 0 Å². The van der Waals surface area contributed by atoms with Crippen molar-refractivity contribution >= 4 is 23.0 Å². The van der Waals surface area contributed by atoms with E-state index in [-0.39, 0.29) is 24.9 Å². The molecular formula is C18H24N2O4. The van der Waals surface area contributed by atoms with Crippen molar-refractivity contribution in [1.82, 2.24) is 10.6 Å². The summed E-state index contributed by atoms with van der Waals surface area (Å²) in [5, 5.41) is 6.41. The third-order valence-corrected chi connectivity index (χ3v) is 3.27. The molecule has 0 spiro atoms. The summed E-state index contributed by atoms with van der Waals surface area (Å²) in [4.78, 5) is 23.5. The van der Waals surface area contributed by atoms with Gasteiger partial charge in [-0.05, 0) is 39.8 Å². The van der Waals surface area contributed by atoms with Gasteiger partial charge in [0, 0.05) is 18.4 Å². The van der Waals surface area contributed by atoms with Gasteiger partial charge in [0.2, 0.25) is 5.91 Å².